The van der Waals surface area contributed by atoms with E-state index in [4.69, 9.17) is 0 Å². The molecule has 0 bridgehead atoms. The summed E-state index contributed by atoms with van der Waals surface area (Å²) in [5, 5.41) is 0. The molecular formula is C18H26N2O. The van der Waals surface area contributed by atoms with Crippen LogP contribution in [0.15, 0.2) is 18.2 Å². The normalized spacial score (nSPS) is 22.1. The van der Waals surface area contributed by atoms with Crippen molar-refractivity contribution in [2.45, 2.75) is 44.6 Å². The molecule has 1 atom stereocenters. The van der Waals surface area contributed by atoms with Gasteiger partial charge in [-0.2, -0.15) is 0 Å². The number of hydrogen-bond donors (Lipinski definition) is 0. The second kappa shape index (κ2) is 6.18. The van der Waals surface area contributed by atoms with E-state index in [9.17, 15) is 4.79 Å². The number of fused-ring (bicyclic) bond motifs is 1. The minimum atomic E-state index is 0.170. The van der Waals surface area contributed by atoms with Gasteiger partial charge in [0.1, 0.15) is 0 Å². The summed E-state index contributed by atoms with van der Waals surface area (Å²) < 4.78 is 0. The lowest BCUT2D eigenvalue weighted by atomic mass is 9.90. The summed E-state index contributed by atoms with van der Waals surface area (Å²) in [6, 6.07) is 6.83. The highest BCUT2D eigenvalue weighted by molar-refractivity contribution is 5.94. The van der Waals surface area contributed by atoms with Gasteiger partial charge in [-0.15, -0.1) is 0 Å². The van der Waals surface area contributed by atoms with Crippen LogP contribution in [0, 0.1) is 0 Å². The third kappa shape index (κ3) is 3.13. The number of carbonyl (C=O) groups is 1. The molecule has 1 aliphatic heterocycles. The van der Waals surface area contributed by atoms with Gasteiger partial charge in [-0.05, 0) is 75.4 Å². The van der Waals surface area contributed by atoms with E-state index in [-0.39, 0.29) is 5.91 Å². The van der Waals surface area contributed by atoms with E-state index in [2.05, 4.69) is 24.1 Å². The summed E-state index contributed by atoms with van der Waals surface area (Å²) in [7, 11) is 4.10. The van der Waals surface area contributed by atoms with Crippen molar-refractivity contribution in [2.75, 3.05) is 27.2 Å². The lowest BCUT2D eigenvalue weighted by molar-refractivity contribution is 0.0761. The Morgan fingerprint density at radius 1 is 1.24 bits per heavy atom. The van der Waals surface area contributed by atoms with Gasteiger partial charge in [-0.25, -0.2) is 0 Å². The summed E-state index contributed by atoms with van der Waals surface area (Å²) in [4.78, 5) is 16.9. The molecule has 0 unspecified atom stereocenters. The number of carbonyl (C=O) groups excluding carboxylic acids is 1. The fourth-order valence-electron chi connectivity index (χ4n) is 3.70. The van der Waals surface area contributed by atoms with E-state index < -0.39 is 0 Å². The molecule has 0 aromatic heterocycles. The van der Waals surface area contributed by atoms with E-state index in [1.807, 2.05) is 18.0 Å². The number of hydrogen-bond acceptors (Lipinski definition) is 2. The van der Waals surface area contributed by atoms with Crippen LogP contribution in [-0.2, 0) is 12.8 Å². The molecule has 21 heavy (non-hydrogen) atoms. The van der Waals surface area contributed by atoms with Crippen LogP contribution in [0.2, 0.25) is 0 Å². The second-order valence-electron chi connectivity index (χ2n) is 6.65. The SMILES string of the molecule is CN(C[C@@H]1CCCN1C)C(=O)c1ccc2c(c1)CCCC2. The number of likely N-dealkylation sites (tertiary alicyclic amines) is 1. The first-order chi connectivity index (χ1) is 10.1. The van der Waals surface area contributed by atoms with Gasteiger partial charge in [-0.3, -0.25) is 4.79 Å². The molecule has 0 spiro atoms. The molecule has 1 aromatic carbocycles. The van der Waals surface area contributed by atoms with Gasteiger partial charge in [-0.1, -0.05) is 6.07 Å². The average molecular weight is 286 g/mol. The zero-order chi connectivity index (χ0) is 14.8. The van der Waals surface area contributed by atoms with Crippen LogP contribution >= 0.6 is 0 Å². The van der Waals surface area contributed by atoms with Gasteiger partial charge >= 0.3 is 0 Å². The molecule has 3 rings (SSSR count). The molecule has 1 amide bonds. The molecule has 0 radical (unpaired) electrons. The van der Waals surface area contributed by atoms with Gasteiger partial charge in [0.05, 0.1) is 0 Å². The number of nitrogens with zero attached hydrogens (tertiary/aromatic N) is 2. The Morgan fingerprint density at radius 3 is 2.71 bits per heavy atom. The predicted molar refractivity (Wildman–Crippen MR) is 85.7 cm³/mol. The summed E-state index contributed by atoms with van der Waals surface area (Å²) in [5.74, 6) is 0.170. The van der Waals surface area contributed by atoms with Crippen molar-refractivity contribution in [3.8, 4) is 0 Å². The quantitative estimate of drug-likeness (QED) is 0.853. The van der Waals surface area contributed by atoms with Crippen LogP contribution in [-0.4, -0.2) is 48.9 Å². The largest absolute Gasteiger partial charge is 0.340 e. The third-order valence-electron chi connectivity index (χ3n) is 5.10. The van der Waals surface area contributed by atoms with Crippen LogP contribution in [0.3, 0.4) is 0 Å². The first-order valence-electron chi connectivity index (χ1n) is 8.22. The van der Waals surface area contributed by atoms with Gasteiger partial charge in [0.2, 0.25) is 0 Å². The fraction of sp³-hybridized carbons (Fsp3) is 0.611. The van der Waals surface area contributed by atoms with Gasteiger partial charge in [0.25, 0.3) is 5.91 Å². The van der Waals surface area contributed by atoms with Crippen molar-refractivity contribution in [1.29, 1.82) is 0 Å². The van der Waals surface area contributed by atoms with Crippen LogP contribution in [0.25, 0.3) is 0 Å². The minimum absolute atomic E-state index is 0.170. The van der Waals surface area contributed by atoms with Crippen molar-refractivity contribution < 1.29 is 4.79 Å². The highest BCUT2D eigenvalue weighted by Crippen LogP contribution is 2.23. The monoisotopic (exact) mass is 286 g/mol. The average Bonchev–Trinajstić information content (AvgIpc) is 2.91. The Bertz CT molecular complexity index is 526. The highest BCUT2D eigenvalue weighted by Gasteiger charge is 2.24. The maximum atomic E-state index is 12.6. The second-order valence-corrected chi connectivity index (χ2v) is 6.65. The van der Waals surface area contributed by atoms with E-state index in [0.29, 0.717) is 6.04 Å². The minimum Gasteiger partial charge on any atom is -0.340 e. The predicted octanol–water partition coefficient (Wildman–Crippen LogP) is 2.73. The molecule has 1 aliphatic carbocycles. The molecule has 1 saturated heterocycles. The Labute approximate surface area is 127 Å². The van der Waals surface area contributed by atoms with Crippen LogP contribution in [0.5, 0.6) is 0 Å². The molecule has 3 nitrogen and oxygen atoms in total. The standard InChI is InChI=1S/C18H26N2O/c1-19-11-5-8-17(19)13-20(2)18(21)16-10-9-14-6-3-4-7-15(14)12-16/h9-10,12,17H,3-8,11,13H2,1-2H3/t17-/m0/s1. The smallest absolute Gasteiger partial charge is 0.253 e. The molecular weight excluding hydrogens is 260 g/mol. The van der Waals surface area contributed by atoms with Crippen LogP contribution in [0.1, 0.15) is 47.2 Å². The highest BCUT2D eigenvalue weighted by atomic mass is 16.2. The first-order valence-corrected chi connectivity index (χ1v) is 8.22. The molecule has 0 saturated carbocycles. The number of aryl methyl sites for hydroxylation is 2. The zero-order valence-corrected chi connectivity index (χ0v) is 13.3. The van der Waals surface area contributed by atoms with E-state index in [1.165, 1.54) is 43.2 Å². The summed E-state index contributed by atoms with van der Waals surface area (Å²) in [5.41, 5.74) is 3.69. The number of likely N-dealkylation sites (N-methyl/N-ethyl adjacent to an activating group) is 2. The van der Waals surface area contributed by atoms with Crippen molar-refractivity contribution in [2.24, 2.45) is 0 Å². The van der Waals surface area contributed by atoms with Crippen molar-refractivity contribution in [3.63, 3.8) is 0 Å². The zero-order valence-electron chi connectivity index (χ0n) is 13.3. The summed E-state index contributed by atoms with van der Waals surface area (Å²) in [6.45, 7) is 2.00. The topological polar surface area (TPSA) is 23.6 Å². The number of benzene rings is 1. The Morgan fingerprint density at radius 2 is 2.00 bits per heavy atom. The molecule has 0 N–H and O–H groups in total. The lowest BCUT2D eigenvalue weighted by Gasteiger charge is -2.26. The van der Waals surface area contributed by atoms with E-state index >= 15 is 0 Å². The number of amides is 1. The number of rotatable bonds is 3. The van der Waals surface area contributed by atoms with Gasteiger partial charge in [0.15, 0.2) is 0 Å². The summed E-state index contributed by atoms with van der Waals surface area (Å²) >= 11 is 0. The molecule has 1 aromatic rings. The Hall–Kier alpha value is -1.35. The summed E-state index contributed by atoms with van der Waals surface area (Å²) in [6.07, 6.45) is 7.31. The molecule has 114 valence electrons. The lowest BCUT2D eigenvalue weighted by Crippen LogP contribution is -2.39. The van der Waals surface area contributed by atoms with Crippen molar-refractivity contribution in [1.82, 2.24) is 9.80 Å². The first kappa shape index (κ1) is 14.6. The Balaban J connectivity index is 1.69. The maximum Gasteiger partial charge on any atom is 0.253 e. The van der Waals surface area contributed by atoms with Gasteiger partial charge in [0, 0.05) is 25.2 Å². The van der Waals surface area contributed by atoms with Crippen molar-refractivity contribution >= 4 is 5.91 Å². The third-order valence-corrected chi connectivity index (χ3v) is 5.10. The van der Waals surface area contributed by atoms with E-state index in [0.717, 1.165) is 25.1 Å². The van der Waals surface area contributed by atoms with E-state index in [1.54, 1.807) is 0 Å². The van der Waals surface area contributed by atoms with Gasteiger partial charge < -0.3 is 9.80 Å². The molecule has 2 aliphatic rings. The fourth-order valence-corrected chi connectivity index (χ4v) is 3.70. The van der Waals surface area contributed by atoms with Crippen molar-refractivity contribution in [3.05, 3.63) is 34.9 Å². The maximum absolute atomic E-state index is 12.6. The Kier molecular flexibility index (Phi) is 4.29. The molecule has 1 fully saturated rings. The van der Waals surface area contributed by atoms with Crippen LogP contribution < -0.4 is 0 Å². The molecule has 1 heterocycles. The molecule has 3 heteroatoms. The van der Waals surface area contributed by atoms with Crippen LogP contribution in [0.4, 0.5) is 0 Å².